The molecule has 1 aliphatic carbocycles. The first-order valence-electron chi connectivity index (χ1n) is 6.14. The van der Waals surface area contributed by atoms with Crippen molar-refractivity contribution in [1.82, 2.24) is 20.2 Å². The number of hydrogen-bond acceptors (Lipinski definition) is 5. The molecule has 2 N–H and O–H groups in total. The van der Waals surface area contributed by atoms with E-state index in [9.17, 15) is 0 Å². The second-order valence-corrected chi connectivity index (χ2v) is 5.09. The molecule has 1 aromatic heterocycles. The van der Waals surface area contributed by atoms with E-state index in [2.05, 4.69) is 27.1 Å². The van der Waals surface area contributed by atoms with E-state index in [1.54, 1.807) is 0 Å². The third kappa shape index (κ3) is 3.81. The van der Waals surface area contributed by atoms with Gasteiger partial charge in [0.05, 0.1) is 10.6 Å². The van der Waals surface area contributed by atoms with E-state index in [0.29, 0.717) is 0 Å². The van der Waals surface area contributed by atoms with Crippen LogP contribution in [-0.2, 0) is 13.0 Å². The molecule has 0 aromatic carbocycles. The van der Waals surface area contributed by atoms with Gasteiger partial charge in [0.1, 0.15) is 0 Å². The van der Waals surface area contributed by atoms with Gasteiger partial charge in [-0.2, -0.15) is 0 Å². The molecule has 5 heteroatoms. The molecular weight excluding hydrogens is 220 g/mol. The van der Waals surface area contributed by atoms with Crippen LogP contribution in [0.1, 0.15) is 36.8 Å². The first-order valence-corrected chi connectivity index (χ1v) is 6.91. The number of hydrogen-bond donors (Lipinski definition) is 2. The summed E-state index contributed by atoms with van der Waals surface area (Å²) >= 11 is 1.51. The third-order valence-corrected chi connectivity index (χ3v) is 3.56. The van der Waals surface area contributed by atoms with Gasteiger partial charge in [-0.3, -0.25) is 0 Å². The lowest BCUT2D eigenvalue weighted by atomic mass is 10.3. The van der Waals surface area contributed by atoms with Gasteiger partial charge in [-0.15, -0.1) is 5.10 Å². The van der Waals surface area contributed by atoms with Gasteiger partial charge < -0.3 is 10.6 Å². The van der Waals surface area contributed by atoms with Crippen molar-refractivity contribution in [3.8, 4) is 0 Å². The van der Waals surface area contributed by atoms with Gasteiger partial charge in [-0.05, 0) is 50.3 Å². The average molecular weight is 240 g/mol. The quantitative estimate of drug-likeness (QED) is 0.673. The van der Waals surface area contributed by atoms with Gasteiger partial charge in [0.25, 0.3) is 0 Å². The van der Waals surface area contributed by atoms with Gasteiger partial charge in [0, 0.05) is 12.6 Å². The molecule has 90 valence electrons. The Morgan fingerprint density at radius 3 is 3.00 bits per heavy atom. The van der Waals surface area contributed by atoms with E-state index in [1.165, 1.54) is 35.7 Å². The largest absolute Gasteiger partial charge is 0.314 e. The van der Waals surface area contributed by atoms with Crippen LogP contribution in [0.5, 0.6) is 0 Å². The van der Waals surface area contributed by atoms with Gasteiger partial charge in [0.2, 0.25) is 0 Å². The van der Waals surface area contributed by atoms with Crippen molar-refractivity contribution in [2.75, 3.05) is 13.1 Å². The molecule has 2 rings (SSSR count). The standard InChI is InChI=1S/C11H20N4S/c1-2-10-11(16-15-14-10)8-12-6-3-7-13-9-4-5-9/h9,12-13H,2-8H2,1H3. The summed E-state index contributed by atoms with van der Waals surface area (Å²) in [4.78, 5) is 1.29. The minimum absolute atomic E-state index is 0.831. The summed E-state index contributed by atoms with van der Waals surface area (Å²) in [6, 6.07) is 0.831. The molecule has 0 aliphatic heterocycles. The zero-order valence-corrected chi connectivity index (χ0v) is 10.6. The summed E-state index contributed by atoms with van der Waals surface area (Å²) in [7, 11) is 0. The summed E-state index contributed by atoms with van der Waals surface area (Å²) in [6.45, 7) is 5.25. The van der Waals surface area contributed by atoms with Crippen molar-refractivity contribution < 1.29 is 0 Å². The molecule has 4 nitrogen and oxygen atoms in total. The van der Waals surface area contributed by atoms with E-state index in [4.69, 9.17) is 0 Å². The molecule has 1 aliphatic rings. The monoisotopic (exact) mass is 240 g/mol. The molecule has 0 radical (unpaired) electrons. The number of aryl methyl sites for hydroxylation is 1. The van der Waals surface area contributed by atoms with Crippen LogP contribution in [0.25, 0.3) is 0 Å². The summed E-state index contributed by atoms with van der Waals surface area (Å²) < 4.78 is 3.98. The molecule has 0 amide bonds. The molecule has 1 fully saturated rings. The van der Waals surface area contributed by atoms with Crippen molar-refractivity contribution in [2.45, 2.75) is 45.2 Å². The van der Waals surface area contributed by atoms with Gasteiger partial charge in [0.15, 0.2) is 0 Å². The number of nitrogens with zero attached hydrogens (tertiary/aromatic N) is 2. The maximum atomic E-state index is 4.10. The first kappa shape index (κ1) is 12.0. The van der Waals surface area contributed by atoms with Crippen molar-refractivity contribution in [3.63, 3.8) is 0 Å². The Kier molecular flexibility index (Phi) is 4.69. The maximum absolute atomic E-state index is 4.10. The lowest BCUT2D eigenvalue weighted by Gasteiger charge is -2.04. The fourth-order valence-corrected chi connectivity index (χ4v) is 2.33. The molecule has 0 saturated heterocycles. The zero-order valence-electron chi connectivity index (χ0n) is 9.83. The van der Waals surface area contributed by atoms with Gasteiger partial charge in [-0.1, -0.05) is 11.4 Å². The Labute approximate surface area is 101 Å². The SMILES string of the molecule is CCc1nnsc1CNCCCNC1CC1. The van der Waals surface area contributed by atoms with Crippen molar-refractivity contribution in [1.29, 1.82) is 0 Å². The van der Waals surface area contributed by atoms with Crippen molar-refractivity contribution in [2.24, 2.45) is 0 Å². The zero-order chi connectivity index (χ0) is 11.2. The van der Waals surface area contributed by atoms with Crippen LogP contribution in [0.4, 0.5) is 0 Å². The molecular formula is C11H20N4S. The maximum Gasteiger partial charge on any atom is 0.0797 e. The average Bonchev–Trinajstić information content (AvgIpc) is 3.01. The topological polar surface area (TPSA) is 49.8 Å². The van der Waals surface area contributed by atoms with Gasteiger partial charge in [-0.25, -0.2) is 0 Å². The Hall–Kier alpha value is -0.520. The highest BCUT2D eigenvalue weighted by Crippen LogP contribution is 2.18. The summed E-state index contributed by atoms with van der Waals surface area (Å²) in [5, 5.41) is 11.1. The molecule has 0 atom stereocenters. The number of nitrogens with one attached hydrogen (secondary N) is 2. The Bertz CT molecular complexity index is 309. The minimum Gasteiger partial charge on any atom is -0.314 e. The Balaban J connectivity index is 1.53. The van der Waals surface area contributed by atoms with Crippen molar-refractivity contribution >= 4 is 11.5 Å². The van der Waals surface area contributed by atoms with Crippen LogP contribution in [0.3, 0.4) is 0 Å². The molecule has 0 bridgehead atoms. The van der Waals surface area contributed by atoms with E-state index in [0.717, 1.165) is 37.8 Å². The minimum atomic E-state index is 0.831. The summed E-state index contributed by atoms with van der Waals surface area (Å²) in [6.07, 6.45) is 4.93. The second-order valence-electron chi connectivity index (χ2n) is 4.26. The van der Waals surface area contributed by atoms with E-state index in [-0.39, 0.29) is 0 Å². The van der Waals surface area contributed by atoms with Crippen molar-refractivity contribution in [3.05, 3.63) is 10.6 Å². The molecule has 1 aromatic rings. The van der Waals surface area contributed by atoms with Crippen LogP contribution in [0, 0.1) is 0 Å². The summed E-state index contributed by atoms with van der Waals surface area (Å²) in [5.74, 6) is 0. The van der Waals surface area contributed by atoms with E-state index in [1.807, 2.05) is 0 Å². The molecule has 0 spiro atoms. The molecule has 16 heavy (non-hydrogen) atoms. The third-order valence-electron chi connectivity index (χ3n) is 2.80. The van der Waals surface area contributed by atoms with Crippen LogP contribution < -0.4 is 10.6 Å². The van der Waals surface area contributed by atoms with Gasteiger partial charge >= 0.3 is 0 Å². The highest BCUT2D eigenvalue weighted by atomic mass is 32.1. The number of aromatic nitrogens is 2. The smallest absolute Gasteiger partial charge is 0.0797 e. The van der Waals surface area contributed by atoms with Crippen LogP contribution in [0.15, 0.2) is 0 Å². The molecule has 1 saturated carbocycles. The Morgan fingerprint density at radius 1 is 1.38 bits per heavy atom. The lowest BCUT2D eigenvalue weighted by molar-refractivity contribution is 0.594. The highest BCUT2D eigenvalue weighted by Gasteiger charge is 2.19. The fourth-order valence-electron chi connectivity index (χ4n) is 1.64. The first-order chi connectivity index (χ1) is 7.90. The summed E-state index contributed by atoms with van der Waals surface area (Å²) in [5.41, 5.74) is 1.15. The van der Waals surface area contributed by atoms with Crippen LogP contribution >= 0.6 is 11.5 Å². The second kappa shape index (κ2) is 6.27. The predicted octanol–water partition coefficient (Wildman–Crippen LogP) is 1.33. The van der Waals surface area contributed by atoms with Crippen LogP contribution in [-0.4, -0.2) is 28.7 Å². The normalized spacial score (nSPS) is 15.6. The van der Waals surface area contributed by atoms with E-state index < -0.39 is 0 Å². The van der Waals surface area contributed by atoms with E-state index >= 15 is 0 Å². The fraction of sp³-hybridized carbons (Fsp3) is 0.818. The molecule has 0 unspecified atom stereocenters. The Morgan fingerprint density at radius 2 is 2.25 bits per heavy atom. The number of rotatable bonds is 8. The molecule has 1 heterocycles. The van der Waals surface area contributed by atoms with Crippen LogP contribution in [0.2, 0.25) is 0 Å². The lowest BCUT2D eigenvalue weighted by Crippen LogP contribution is -2.23. The predicted molar refractivity (Wildman–Crippen MR) is 66.6 cm³/mol. The highest BCUT2D eigenvalue weighted by molar-refractivity contribution is 7.05.